The zero-order valence-electron chi connectivity index (χ0n) is 37.0. The maximum absolute atomic E-state index is 15.4. The van der Waals surface area contributed by atoms with Crippen LogP contribution in [0.5, 0.6) is 28.7 Å². The van der Waals surface area contributed by atoms with Crippen molar-refractivity contribution < 1.29 is 43.5 Å². The predicted octanol–water partition coefficient (Wildman–Crippen LogP) is 9.80. The van der Waals surface area contributed by atoms with Crippen LogP contribution in [0, 0.1) is 29.1 Å². The third-order valence-electron chi connectivity index (χ3n) is 12.9. The molecule has 0 bridgehead atoms. The van der Waals surface area contributed by atoms with Gasteiger partial charge in [-0.1, -0.05) is 36.2 Å². The number of aliphatic hydroxyl groups excluding tert-OH is 2. The van der Waals surface area contributed by atoms with Crippen LogP contribution in [0.4, 0.5) is 0 Å². The van der Waals surface area contributed by atoms with Gasteiger partial charge in [0.2, 0.25) is 12.6 Å². The standard InChI is InChI=1S/C52H57N3O9S/c1-4-26-61-52-48(55(51(58)36-15-12-34(31-53)13-16-36)32-35-14-22-46-47(27-35)60-33-59-46)30-44(54-62-5-2)42-28-37(10-6-8-24-56)41(11-7-9-25-57)49(50(42)52)43-29-39(19-23-45(43)64-52)63-38-17-20-40(65-3)21-18-38/h4,12-23,27-29,37,41,48-50,56-57H,1,5-11,24-26,30,32-33H2,2-3H3. The first-order valence-corrected chi connectivity index (χ1v) is 23.8. The van der Waals surface area contributed by atoms with Crippen molar-refractivity contribution in [3.8, 4) is 34.8 Å². The maximum atomic E-state index is 15.4. The molecule has 4 aromatic rings. The fourth-order valence-corrected chi connectivity index (χ4v) is 10.5. The van der Waals surface area contributed by atoms with Crippen molar-refractivity contribution in [2.45, 2.75) is 81.1 Å². The van der Waals surface area contributed by atoms with Crippen LogP contribution >= 0.6 is 11.8 Å². The van der Waals surface area contributed by atoms with Gasteiger partial charge in [-0.05, 0) is 141 Å². The van der Waals surface area contributed by atoms with Crippen LogP contribution in [0.3, 0.4) is 0 Å². The van der Waals surface area contributed by atoms with Crippen molar-refractivity contribution in [1.82, 2.24) is 4.90 Å². The Kier molecular flexibility index (Phi) is 14.8. The van der Waals surface area contributed by atoms with Crippen LogP contribution < -0.4 is 18.9 Å². The average Bonchev–Trinajstić information content (AvgIpc) is 3.81. The van der Waals surface area contributed by atoms with Crippen molar-refractivity contribution >= 4 is 23.4 Å². The summed E-state index contributed by atoms with van der Waals surface area (Å²) in [7, 11) is 0. The molecule has 0 spiro atoms. The van der Waals surface area contributed by atoms with E-state index in [-0.39, 0.29) is 63.2 Å². The molecule has 6 unspecified atom stereocenters. The number of hydrogen-bond acceptors (Lipinski definition) is 12. The minimum absolute atomic E-state index is 0.0306. The molecule has 2 aliphatic carbocycles. The number of benzene rings is 4. The minimum Gasteiger partial charge on any atom is -0.459 e. The monoisotopic (exact) mass is 899 g/mol. The normalized spacial score (nSPS) is 23.0. The van der Waals surface area contributed by atoms with Gasteiger partial charge in [-0.25, -0.2) is 0 Å². The zero-order valence-corrected chi connectivity index (χ0v) is 37.8. The summed E-state index contributed by atoms with van der Waals surface area (Å²) in [6.45, 7) is 6.84. The number of carbonyl (C=O) groups is 1. The summed E-state index contributed by atoms with van der Waals surface area (Å²) in [5.41, 5.74) is 4.22. The van der Waals surface area contributed by atoms with Gasteiger partial charge in [0, 0.05) is 48.1 Å². The van der Waals surface area contributed by atoms with Gasteiger partial charge in [-0.15, -0.1) is 18.3 Å². The topological polar surface area (TPSA) is 152 Å². The van der Waals surface area contributed by atoms with Gasteiger partial charge in [0.05, 0.1) is 29.9 Å². The van der Waals surface area contributed by atoms with Crippen LogP contribution in [0.2, 0.25) is 0 Å². The minimum atomic E-state index is -1.48. The Balaban J connectivity index is 1.34. The molecule has 2 N–H and O–H groups in total. The van der Waals surface area contributed by atoms with Crippen LogP contribution in [0.1, 0.15) is 84.8 Å². The molecule has 12 nitrogen and oxygen atoms in total. The van der Waals surface area contributed by atoms with E-state index in [0.717, 1.165) is 47.3 Å². The zero-order chi connectivity index (χ0) is 45.3. The summed E-state index contributed by atoms with van der Waals surface area (Å²) in [4.78, 5) is 24.3. The fourth-order valence-electron chi connectivity index (χ4n) is 10.0. The Labute approximate surface area is 385 Å². The van der Waals surface area contributed by atoms with Crippen molar-refractivity contribution in [1.29, 1.82) is 5.26 Å². The lowest BCUT2D eigenvalue weighted by molar-refractivity contribution is -0.255. The van der Waals surface area contributed by atoms with E-state index in [4.69, 9.17) is 33.7 Å². The van der Waals surface area contributed by atoms with E-state index >= 15 is 4.79 Å². The fraction of sp³-hybridized carbons (Fsp3) is 0.404. The number of oxime groups is 1. The molecule has 1 amide bonds. The molecular formula is C52H57N3O9S. The van der Waals surface area contributed by atoms with Crippen molar-refractivity contribution in [3.05, 3.63) is 131 Å². The largest absolute Gasteiger partial charge is 0.459 e. The Morgan fingerprint density at radius 2 is 1.69 bits per heavy atom. The number of allylic oxidation sites excluding steroid dienone is 1. The van der Waals surface area contributed by atoms with Gasteiger partial charge >= 0.3 is 0 Å². The highest BCUT2D eigenvalue weighted by Gasteiger charge is 2.65. The van der Waals surface area contributed by atoms with Crippen LogP contribution in [0.15, 0.2) is 119 Å². The highest BCUT2D eigenvalue weighted by atomic mass is 32.2. The summed E-state index contributed by atoms with van der Waals surface area (Å²) in [5.74, 6) is 0.767. The molecule has 4 aromatic carbocycles. The first-order valence-electron chi connectivity index (χ1n) is 22.6. The highest BCUT2D eigenvalue weighted by Crippen LogP contribution is 2.62. The van der Waals surface area contributed by atoms with Crippen molar-refractivity contribution in [2.24, 2.45) is 22.9 Å². The Morgan fingerprint density at radius 1 is 0.954 bits per heavy atom. The molecular weight excluding hydrogens is 843 g/mol. The summed E-state index contributed by atoms with van der Waals surface area (Å²) in [6, 6.07) is 27.7. The van der Waals surface area contributed by atoms with Gasteiger partial charge in [-0.3, -0.25) is 4.79 Å². The summed E-state index contributed by atoms with van der Waals surface area (Å²) >= 11 is 1.67. The molecule has 1 saturated carbocycles. The SMILES string of the molecule is C=CCOC12Oc3ccc(Oc4ccc(SC)cc4)cc3C3C(CCCCO)C(CCCCO)C=C(C(=NOCC)CC1N(Cc1ccc4c(c1)OCO4)C(=O)c1ccc(C#N)cc1)C32. The third kappa shape index (κ3) is 9.63. The average molecular weight is 900 g/mol. The highest BCUT2D eigenvalue weighted by molar-refractivity contribution is 7.98. The summed E-state index contributed by atoms with van der Waals surface area (Å²) in [6.07, 6.45) is 10.8. The lowest BCUT2D eigenvalue weighted by atomic mass is 9.55. The summed E-state index contributed by atoms with van der Waals surface area (Å²) < 4.78 is 32.7. The van der Waals surface area contributed by atoms with Crippen molar-refractivity contribution in [2.75, 3.05) is 39.5 Å². The van der Waals surface area contributed by atoms with E-state index in [9.17, 15) is 15.5 Å². The predicted molar refractivity (Wildman–Crippen MR) is 248 cm³/mol. The van der Waals surface area contributed by atoms with Gasteiger partial charge in [0.1, 0.15) is 29.9 Å². The number of ether oxygens (including phenoxy) is 5. The first kappa shape index (κ1) is 45.8. The number of unbranched alkanes of at least 4 members (excludes halogenated alkanes) is 2. The molecule has 2 heterocycles. The smallest absolute Gasteiger partial charge is 0.254 e. The molecule has 0 aromatic heterocycles. The Morgan fingerprint density at radius 3 is 2.42 bits per heavy atom. The quantitative estimate of drug-likeness (QED) is 0.0377. The second kappa shape index (κ2) is 21.0. The lowest BCUT2D eigenvalue weighted by Crippen LogP contribution is -2.70. The summed E-state index contributed by atoms with van der Waals surface area (Å²) in [5, 5.41) is 34.5. The van der Waals surface area contributed by atoms with Gasteiger partial charge in [0.15, 0.2) is 11.5 Å². The Bertz CT molecular complexity index is 2420. The van der Waals surface area contributed by atoms with Gasteiger partial charge in [0.25, 0.3) is 5.91 Å². The molecule has 13 heteroatoms. The number of amides is 1. The number of hydrogen-bond donors (Lipinski definition) is 2. The van der Waals surface area contributed by atoms with Crippen LogP contribution in [-0.4, -0.2) is 78.0 Å². The van der Waals surface area contributed by atoms with E-state index in [1.165, 1.54) is 0 Å². The van der Waals surface area contributed by atoms with E-state index in [1.54, 1.807) is 42.1 Å². The van der Waals surface area contributed by atoms with Crippen LogP contribution in [-0.2, 0) is 16.1 Å². The van der Waals surface area contributed by atoms with Gasteiger partial charge in [-0.2, -0.15) is 5.26 Å². The van der Waals surface area contributed by atoms with Crippen LogP contribution in [0.25, 0.3) is 0 Å². The van der Waals surface area contributed by atoms with Gasteiger partial charge < -0.3 is 43.6 Å². The molecule has 340 valence electrons. The number of nitrogens with zero attached hydrogens (tertiary/aromatic N) is 3. The molecule has 6 atom stereocenters. The number of fused-ring (bicyclic) bond motifs is 3. The van der Waals surface area contributed by atoms with E-state index in [2.05, 4.69) is 24.8 Å². The lowest BCUT2D eigenvalue weighted by Gasteiger charge is -2.60. The van der Waals surface area contributed by atoms with E-state index in [1.807, 2.05) is 72.7 Å². The molecule has 65 heavy (non-hydrogen) atoms. The molecule has 4 aliphatic rings. The van der Waals surface area contributed by atoms with E-state index in [0.29, 0.717) is 65.0 Å². The molecule has 2 aliphatic heterocycles. The number of thioether (sulfide) groups is 1. The second-order valence-electron chi connectivity index (χ2n) is 16.8. The number of rotatable bonds is 20. The number of nitriles is 1. The first-order chi connectivity index (χ1) is 31.8. The molecule has 8 rings (SSSR count). The third-order valence-corrected chi connectivity index (χ3v) is 13.7. The number of carbonyl (C=O) groups excluding carboxylic acids is 1. The van der Waals surface area contributed by atoms with Crippen molar-refractivity contribution in [3.63, 3.8) is 0 Å². The molecule has 1 fully saturated rings. The maximum Gasteiger partial charge on any atom is 0.254 e. The number of aliphatic hydroxyl groups is 2. The molecule has 0 radical (unpaired) electrons. The van der Waals surface area contributed by atoms with E-state index < -0.39 is 17.7 Å². The molecule has 0 saturated heterocycles. The second-order valence-corrected chi connectivity index (χ2v) is 17.7. The Hall–Kier alpha value is -5.78.